The van der Waals surface area contributed by atoms with Crippen molar-refractivity contribution < 1.29 is 0 Å². The summed E-state index contributed by atoms with van der Waals surface area (Å²) in [6, 6.07) is 8.87. The van der Waals surface area contributed by atoms with Gasteiger partial charge in [-0.2, -0.15) is 0 Å². The molecule has 0 spiro atoms. The van der Waals surface area contributed by atoms with Gasteiger partial charge in [0.05, 0.1) is 0 Å². The molecule has 1 heteroatoms. The number of unbranched alkanes of at least 4 members (excludes halogenated alkanes) is 3. The standard InChI is InChI=1S/C8H5.3C4H9.Sn/c1-2-8-6-4-3-5-7-8;3*1-3-4-2;/h1,3-6H;3*1,3-4H2,2H3;. The van der Waals surface area contributed by atoms with E-state index >= 15 is 0 Å². The Morgan fingerprint density at radius 2 is 1.33 bits per heavy atom. The fourth-order valence-corrected chi connectivity index (χ4v) is 20.0. The Morgan fingerprint density at radius 3 is 1.76 bits per heavy atom. The van der Waals surface area contributed by atoms with Crippen LogP contribution < -0.4 is 3.58 Å². The molecule has 0 amide bonds. The quantitative estimate of drug-likeness (QED) is 0.353. The number of terminal acetylenes is 1. The summed E-state index contributed by atoms with van der Waals surface area (Å²) in [5, 5.41) is 0. The summed E-state index contributed by atoms with van der Waals surface area (Å²) in [5.74, 6) is 2.98. The summed E-state index contributed by atoms with van der Waals surface area (Å²) >= 11 is -2.33. The summed E-state index contributed by atoms with van der Waals surface area (Å²) in [6.45, 7) is 6.97. The molecule has 0 bridgehead atoms. The average molecular weight is 391 g/mol. The van der Waals surface area contributed by atoms with E-state index in [0.717, 1.165) is 0 Å². The van der Waals surface area contributed by atoms with Crippen LogP contribution in [0.25, 0.3) is 0 Å². The predicted octanol–water partition coefficient (Wildman–Crippen LogP) is 5.72. The van der Waals surface area contributed by atoms with Crippen molar-refractivity contribution in [3.8, 4) is 12.3 Å². The van der Waals surface area contributed by atoms with Gasteiger partial charge in [-0.15, -0.1) is 0 Å². The van der Waals surface area contributed by atoms with E-state index < -0.39 is 18.4 Å². The molecule has 0 N–H and O–H groups in total. The van der Waals surface area contributed by atoms with Gasteiger partial charge >= 0.3 is 137 Å². The minimum atomic E-state index is -2.33. The molecule has 0 radical (unpaired) electrons. The molecule has 0 fully saturated rings. The van der Waals surface area contributed by atoms with Gasteiger partial charge in [-0.3, -0.25) is 0 Å². The van der Waals surface area contributed by atoms with Crippen molar-refractivity contribution in [3.63, 3.8) is 0 Å². The van der Waals surface area contributed by atoms with Gasteiger partial charge in [-0.25, -0.2) is 0 Å². The van der Waals surface area contributed by atoms with E-state index in [9.17, 15) is 0 Å². The molecule has 0 unspecified atom stereocenters. The Labute approximate surface area is 136 Å². The van der Waals surface area contributed by atoms with Gasteiger partial charge in [-0.05, 0) is 0 Å². The molecule has 116 valence electrons. The third kappa shape index (κ3) is 5.37. The van der Waals surface area contributed by atoms with E-state index in [1.165, 1.54) is 57.4 Å². The Morgan fingerprint density at radius 1 is 0.857 bits per heavy atom. The van der Waals surface area contributed by atoms with Crippen LogP contribution in [-0.2, 0) is 0 Å². The van der Waals surface area contributed by atoms with Crippen molar-refractivity contribution in [2.45, 2.75) is 72.6 Å². The van der Waals surface area contributed by atoms with Crippen molar-refractivity contribution in [1.29, 1.82) is 0 Å². The number of benzene rings is 1. The molecular formula is C20H32Sn. The molecule has 1 aromatic rings. The van der Waals surface area contributed by atoms with E-state index in [0.29, 0.717) is 0 Å². The zero-order valence-corrected chi connectivity index (χ0v) is 17.1. The van der Waals surface area contributed by atoms with E-state index in [1.54, 1.807) is 3.58 Å². The van der Waals surface area contributed by atoms with Crippen LogP contribution >= 0.6 is 0 Å². The summed E-state index contributed by atoms with van der Waals surface area (Å²) in [4.78, 5) is 0. The fraction of sp³-hybridized carbons (Fsp3) is 0.600. The molecular weight excluding hydrogens is 359 g/mol. The van der Waals surface area contributed by atoms with Gasteiger partial charge in [0, 0.05) is 0 Å². The van der Waals surface area contributed by atoms with E-state index in [-0.39, 0.29) is 0 Å². The first-order valence-electron chi connectivity index (χ1n) is 8.80. The van der Waals surface area contributed by atoms with Crippen molar-refractivity contribution in [1.82, 2.24) is 0 Å². The molecule has 0 atom stereocenters. The molecule has 0 saturated carbocycles. The molecule has 1 aromatic carbocycles. The van der Waals surface area contributed by atoms with Gasteiger partial charge in [0.2, 0.25) is 0 Å². The SMILES string of the molecule is C#Cc1cccc[c]1[Sn]([CH2]CCC)([CH2]CCC)[CH2]CCC. The third-order valence-electron chi connectivity index (χ3n) is 4.68. The van der Waals surface area contributed by atoms with Crippen LogP contribution in [-0.4, -0.2) is 18.4 Å². The summed E-state index contributed by atoms with van der Waals surface area (Å²) in [5.41, 5.74) is 1.21. The van der Waals surface area contributed by atoms with Crippen molar-refractivity contribution in [2.75, 3.05) is 0 Å². The first-order valence-corrected chi connectivity index (χ1v) is 16.3. The van der Waals surface area contributed by atoms with Crippen LogP contribution in [0.1, 0.15) is 64.9 Å². The Bertz CT molecular complexity index is 420. The molecule has 0 aliphatic heterocycles. The van der Waals surface area contributed by atoms with Crippen LogP contribution in [0.5, 0.6) is 0 Å². The first-order chi connectivity index (χ1) is 10.2. The van der Waals surface area contributed by atoms with Crippen molar-refractivity contribution in [2.24, 2.45) is 0 Å². The minimum absolute atomic E-state index is 1.21. The van der Waals surface area contributed by atoms with Crippen LogP contribution in [0.15, 0.2) is 24.3 Å². The van der Waals surface area contributed by atoms with Gasteiger partial charge in [0.25, 0.3) is 0 Å². The first kappa shape index (κ1) is 18.6. The molecule has 0 aromatic heterocycles. The van der Waals surface area contributed by atoms with Crippen molar-refractivity contribution >= 4 is 22.0 Å². The number of rotatable bonds is 10. The van der Waals surface area contributed by atoms with E-state index in [1.807, 2.05) is 0 Å². The van der Waals surface area contributed by atoms with Gasteiger partial charge in [-0.1, -0.05) is 0 Å². The maximum absolute atomic E-state index is 5.82. The van der Waals surface area contributed by atoms with Crippen LogP contribution in [0.4, 0.5) is 0 Å². The molecule has 1 rings (SSSR count). The molecule has 0 heterocycles. The second-order valence-electron chi connectivity index (χ2n) is 6.28. The second kappa shape index (κ2) is 10.3. The topological polar surface area (TPSA) is 0 Å². The third-order valence-corrected chi connectivity index (χ3v) is 20.4. The van der Waals surface area contributed by atoms with Crippen LogP contribution in [0.2, 0.25) is 13.3 Å². The van der Waals surface area contributed by atoms with E-state index in [2.05, 4.69) is 51.0 Å². The average Bonchev–Trinajstić information content (AvgIpc) is 2.54. The van der Waals surface area contributed by atoms with Gasteiger partial charge < -0.3 is 0 Å². The second-order valence-corrected chi connectivity index (χ2v) is 19.4. The summed E-state index contributed by atoms with van der Waals surface area (Å²) in [7, 11) is 0. The molecule has 21 heavy (non-hydrogen) atoms. The van der Waals surface area contributed by atoms with Crippen LogP contribution in [0, 0.1) is 12.3 Å². The number of hydrogen-bond acceptors (Lipinski definition) is 0. The predicted molar refractivity (Wildman–Crippen MR) is 98.9 cm³/mol. The summed E-state index contributed by atoms with van der Waals surface area (Å²) < 4.78 is 6.11. The summed E-state index contributed by atoms with van der Waals surface area (Å²) in [6.07, 6.45) is 13.9. The molecule has 0 aliphatic carbocycles. The zero-order chi connectivity index (χ0) is 15.6. The Balaban J connectivity index is 3.20. The maximum atomic E-state index is 5.82. The van der Waals surface area contributed by atoms with E-state index in [4.69, 9.17) is 6.42 Å². The Kier molecular flexibility index (Phi) is 9.16. The zero-order valence-electron chi connectivity index (χ0n) is 14.3. The molecule has 0 aliphatic rings. The van der Waals surface area contributed by atoms with Gasteiger partial charge in [0.1, 0.15) is 0 Å². The van der Waals surface area contributed by atoms with Gasteiger partial charge in [0.15, 0.2) is 0 Å². The normalized spacial score (nSPS) is 11.3. The fourth-order valence-electron chi connectivity index (χ4n) is 3.40. The molecule has 0 nitrogen and oxygen atoms in total. The Hall–Kier alpha value is -0.421. The molecule has 0 saturated heterocycles. The van der Waals surface area contributed by atoms with Crippen molar-refractivity contribution in [3.05, 3.63) is 29.8 Å². The monoisotopic (exact) mass is 392 g/mol. The number of hydrogen-bond donors (Lipinski definition) is 0. The van der Waals surface area contributed by atoms with Crippen LogP contribution in [0.3, 0.4) is 0 Å².